The molecule has 0 N–H and O–H groups in total. The molecule has 0 radical (unpaired) electrons. The molecular weight excluding hydrogens is 300 g/mol. The molecule has 1 spiro atoms. The highest BCUT2D eigenvalue weighted by molar-refractivity contribution is 6.00. The molecule has 2 aromatic rings. The van der Waals surface area contributed by atoms with Gasteiger partial charge in [-0.3, -0.25) is 9.69 Å². The van der Waals surface area contributed by atoms with Crippen molar-refractivity contribution in [2.45, 2.75) is 25.0 Å². The molecule has 2 aromatic carbocycles. The fourth-order valence-corrected chi connectivity index (χ4v) is 3.73. The van der Waals surface area contributed by atoms with E-state index < -0.39 is 5.60 Å². The Kier molecular flexibility index (Phi) is 3.59. The number of carbonyl (C=O) groups excluding carboxylic acids is 1. The van der Waals surface area contributed by atoms with Crippen LogP contribution in [0.4, 0.5) is 0 Å². The highest BCUT2D eigenvalue weighted by Gasteiger charge is 2.45. The van der Waals surface area contributed by atoms with Gasteiger partial charge in [0.2, 0.25) is 0 Å². The van der Waals surface area contributed by atoms with E-state index in [-0.39, 0.29) is 5.78 Å². The van der Waals surface area contributed by atoms with E-state index in [0.717, 1.165) is 31.6 Å². The minimum Gasteiger partial charge on any atom is -0.485 e. The summed E-state index contributed by atoms with van der Waals surface area (Å²) in [5.74, 6) is 0.882. The molecule has 120 valence electrons. The second-order valence-electron chi connectivity index (χ2n) is 6.65. The molecule has 1 fully saturated rings. The van der Waals surface area contributed by atoms with Crippen LogP contribution in [0.1, 0.15) is 34.3 Å². The standard InChI is InChI=1S/C20H18N2O2/c21-12-15-4-3-5-16(10-15)13-22-9-8-20(14-22)11-18(23)17-6-1-2-7-19(17)24-20/h1-7,10H,8-9,11,13-14H2. The van der Waals surface area contributed by atoms with E-state index in [1.54, 1.807) is 0 Å². The molecule has 2 heterocycles. The highest BCUT2D eigenvalue weighted by Crippen LogP contribution is 2.38. The van der Waals surface area contributed by atoms with Crippen LogP contribution in [-0.4, -0.2) is 29.4 Å². The first-order valence-corrected chi connectivity index (χ1v) is 8.20. The minimum atomic E-state index is -0.404. The number of hydrogen-bond acceptors (Lipinski definition) is 4. The Labute approximate surface area is 141 Å². The number of nitrogens with zero attached hydrogens (tertiary/aromatic N) is 2. The maximum atomic E-state index is 12.5. The first kappa shape index (κ1) is 14.9. The van der Waals surface area contributed by atoms with Gasteiger partial charge in [0.1, 0.15) is 11.4 Å². The van der Waals surface area contributed by atoms with E-state index in [1.165, 1.54) is 0 Å². The van der Waals surface area contributed by atoms with Crippen molar-refractivity contribution in [2.75, 3.05) is 13.1 Å². The summed E-state index contributed by atoms with van der Waals surface area (Å²) in [7, 11) is 0. The molecule has 0 bridgehead atoms. The van der Waals surface area contributed by atoms with Crippen LogP contribution in [0.25, 0.3) is 0 Å². The van der Waals surface area contributed by atoms with Gasteiger partial charge in [0.15, 0.2) is 5.78 Å². The zero-order chi connectivity index (χ0) is 16.6. The van der Waals surface area contributed by atoms with Crippen molar-refractivity contribution in [3.63, 3.8) is 0 Å². The predicted molar refractivity (Wildman–Crippen MR) is 89.8 cm³/mol. The molecule has 1 atom stereocenters. The number of hydrogen-bond donors (Lipinski definition) is 0. The van der Waals surface area contributed by atoms with Crippen molar-refractivity contribution in [3.05, 3.63) is 65.2 Å². The molecule has 4 rings (SSSR count). The van der Waals surface area contributed by atoms with E-state index >= 15 is 0 Å². The number of benzene rings is 2. The minimum absolute atomic E-state index is 0.171. The van der Waals surface area contributed by atoms with Gasteiger partial charge in [0.25, 0.3) is 0 Å². The van der Waals surface area contributed by atoms with Gasteiger partial charge in [-0.15, -0.1) is 0 Å². The number of fused-ring (bicyclic) bond motifs is 1. The summed E-state index contributed by atoms with van der Waals surface area (Å²) < 4.78 is 6.25. The topological polar surface area (TPSA) is 53.3 Å². The Bertz CT molecular complexity index is 840. The number of Topliss-reactive ketones (excluding diaryl/α,β-unsaturated/α-hetero) is 1. The van der Waals surface area contributed by atoms with Gasteiger partial charge in [-0.25, -0.2) is 0 Å². The van der Waals surface area contributed by atoms with E-state index in [4.69, 9.17) is 10.00 Å². The number of ether oxygens (including phenoxy) is 1. The number of rotatable bonds is 2. The molecule has 0 aliphatic carbocycles. The van der Waals surface area contributed by atoms with Crippen molar-refractivity contribution >= 4 is 5.78 Å². The van der Waals surface area contributed by atoms with Crippen LogP contribution in [0, 0.1) is 11.3 Å². The van der Waals surface area contributed by atoms with Crippen molar-refractivity contribution in [1.82, 2.24) is 4.90 Å². The molecular formula is C20H18N2O2. The lowest BCUT2D eigenvalue weighted by atomic mass is 9.89. The first-order valence-electron chi connectivity index (χ1n) is 8.20. The van der Waals surface area contributed by atoms with Crippen LogP contribution in [0.5, 0.6) is 5.75 Å². The smallest absolute Gasteiger partial charge is 0.170 e. The average Bonchev–Trinajstić information content (AvgIpc) is 2.96. The number of carbonyl (C=O) groups is 1. The Balaban J connectivity index is 1.50. The fraction of sp³-hybridized carbons (Fsp3) is 0.300. The Morgan fingerprint density at radius 1 is 1.21 bits per heavy atom. The molecule has 1 unspecified atom stereocenters. The van der Waals surface area contributed by atoms with E-state index in [2.05, 4.69) is 11.0 Å². The maximum Gasteiger partial charge on any atom is 0.170 e. The third-order valence-corrected chi connectivity index (χ3v) is 4.85. The summed E-state index contributed by atoms with van der Waals surface area (Å²) in [6.07, 6.45) is 1.30. The maximum absolute atomic E-state index is 12.5. The number of nitriles is 1. The molecule has 24 heavy (non-hydrogen) atoms. The molecule has 4 heteroatoms. The number of ketones is 1. The van der Waals surface area contributed by atoms with Crippen LogP contribution in [0.3, 0.4) is 0 Å². The van der Waals surface area contributed by atoms with Crippen molar-refractivity contribution in [1.29, 1.82) is 5.26 Å². The number of para-hydroxylation sites is 1. The predicted octanol–water partition coefficient (Wildman–Crippen LogP) is 3.17. The van der Waals surface area contributed by atoms with Gasteiger partial charge < -0.3 is 4.74 Å². The number of likely N-dealkylation sites (tertiary alicyclic amines) is 1. The summed E-state index contributed by atoms with van der Waals surface area (Å²) in [4.78, 5) is 14.8. The van der Waals surface area contributed by atoms with Gasteiger partial charge >= 0.3 is 0 Å². The Morgan fingerprint density at radius 3 is 2.96 bits per heavy atom. The second-order valence-corrected chi connectivity index (χ2v) is 6.65. The largest absolute Gasteiger partial charge is 0.485 e. The quantitative estimate of drug-likeness (QED) is 0.853. The van der Waals surface area contributed by atoms with E-state index in [9.17, 15) is 4.79 Å². The van der Waals surface area contributed by atoms with Crippen molar-refractivity contribution < 1.29 is 9.53 Å². The lowest BCUT2D eigenvalue weighted by molar-refractivity contribution is 0.0455. The normalized spacial score (nSPS) is 22.9. The molecule has 4 nitrogen and oxygen atoms in total. The van der Waals surface area contributed by atoms with Crippen molar-refractivity contribution in [3.8, 4) is 11.8 Å². The Morgan fingerprint density at radius 2 is 2.08 bits per heavy atom. The first-order chi connectivity index (χ1) is 11.7. The molecule has 0 amide bonds. The van der Waals surface area contributed by atoms with E-state index in [1.807, 2.05) is 48.5 Å². The SMILES string of the molecule is N#Cc1cccc(CN2CCC3(CC(=O)c4ccccc4O3)C2)c1. The highest BCUT2D eigenvalue weighted by atomic mass is 16.5. The summed E-state index contributed by atoms with van der Waals surface area (Å²) in [6, 6.07) is 17.4. The van der Waals surface area contributed by atoms with Gasteiger partial charge in [0.05, 0.1) is 23.6 Å². The fourth-order valence-electron chi connectivity index (χ4n) is 3.73. The van der Waals surface area contributed by atoms with Gasteiger partial charge in [-0.1, -0.05) is 24.3 Å². The molecule has 2 aliphatic heterocycles. The van der Waals surface area contributed by atoms with Gasteiger partial charge in [0, 0.05) is 26.1 Å². The van der Waals surface area contributed by atoms with Crippen LogP contribution >= 0.6 is 0 Å². The summed E-state index contributed by atoms with van der Waals surface area (Å²) in [5.41, 5.74) is 2.09. The van der Waals surface area contributed by atoms with Gasteiger partial charge in [-0.05, 0) is 29.8 Å². The van der Waals surface area contributed by atoms with Crippen LogP contribution in [0.15, 0.2) is 48.5 Å². The second kappa shape index (κ2) is 5.77. The van der Waals surface area contributed by atoms with Crippen molar-refractivity contribution in [2.24, 2.45) is 0 Å². The summed E-state index contributed by atoms with van der Waals surface area (Å²) in [6.45, 7) is 2.41. The zero-order valence-corrected chi connectivity index (χ0v) is 13.4. The van der Waals surface area contributed by atoms with E-state index in [0.29, 0.717) is 23.3 Å². The van der Waals surface area contributed by atoms with Crippen LogP contribution < -0.4 is 4.74 Å². The summed E-state index contributed by atoms with van der Waals surface area (Å²) >= 11 is 0. The summed E-state index contributed by atoms with van der Waals surface area (Å²) in [5, 5.41) is 9.02. The monoisotopic (exact) mass is 318 g/mol. The average molecular weight is 318 g/mol. The van der Waals surface area contributed by atoms with Gasteiger partial charge in [-0.2, -0.15) is 5.26 Å². The molecule has 0 aromatic heterocycles. The van der Waals surface area contributed by atoms with Crippen LogP contribution in [0.2, 0.25) is 0 Å². The third kappa shape index (κ3) is 2.68. The Hall–Kier alpha value is -2.64. The lowest BCUT2D eigenvalue weighted by Gasteiger charge is -2.34. The van der Waals surface area contributed by atoms with Crippen LogP contribution in [-0.2, 0) is 6.54 Å². The molecule has 2 aliphatic rings. The molecule has 0 saturated carbocycles. The third-order valence-electron chi connectivity index (χ3n) is 4.85. The zero-order valence-electron chi connectivity index (χ0n) is 13.4. The lowest BCUT2D eigenvalue weighted by Crippen LogP contribution is -2.44. The molecule has 1 saturated heterocycles.